The van der Waals surface area contributed by atoms with Crippen LogP contribution in [0.5, 0.6) is 0 Å². The third-order valence-electron chi connectivity index (χ3n) is 6.12. The molecule has 3 atom stereocenters. The fourth-order valence-electron chi connectivity index (χ4n) is 4.24. The molecule has 192 valence electrons. The third kappa shape index (κ3) is 6.24. The number of piperidine rings is 1. The third-order valence-corrected chi connectivity index (χ3v) is 6.12. The first-order valence-corrected chi connectivity index (χ1v) is 11.0. The summed E-state index contributed by atoms with van der Waals surface area (Å²) in [5, 5.41) is 4.10. The van der Waals surface area contributed by atoms with E-state index in [0.717, 1.165) is 22.6 Å². The van der Waals surface area contributed by atoms with Gasteiger partial charge in [0.25, 0.3) is 11.8 Å². The molecule has 3 rings (SSSR count). The van der Waals surface area contributed by atoms with Crippen molar-refractivity contribution in [2.75, 3.05) is 25.5 Å². The molecule has 3 unspecified atom stereocenters. The molecule has 0 bridgehead atoms. The number of hydrogen-bond acceptors (Lipinski definition) is 6. The molecule has 0 radical (unpaired) electrons. The summed E-state index contributed by atoms with van der Waals surface area (Å²) >= 11 is 0. The van der Waals surface area contributed by atoms with Gasteiger partial charge in [0.2, 0.25) is 0 Å². The van der Waals surface area contributed by atoms with Gasteiger partial charge in [-0.15, -0.1) is 0 Å². The number of aromatic nitrogens is 1. The fourth-order valence-corrected chi connectivity index (χ4v) is 4.24. The van der Waals surface area contributed by atoms with Gasteiger partial charge in [0, 0.05) is 31.8 Å². The minimum atomic E-state index is -4.53. The van der Waals surface area contributed by atoms with Crippen LogP contribution in [0.15, 0.2) is 36.5 Å². The van der Waals surface area contributed by atoms with Gasteiger partial charge in [0.1, 0.15) is 5.82 Å². The lowest BCUT2D eigenvalue weighted by Crippen LogP contribution is -2.57. The summed E-state index contributed by atoms with van der Waals surface area (Å²) in [7, 11) is 1.53. The molecule has 5 N–H and O–H groups in total. The predicted molar refractivity (Wildman–Crippen MR) is 121 cm³/mol. The molecule has 1 aliphatic heterocycles. The second-order valence-electron chi connectivity index (χ2n) is 9.05. The fraction of sp³-hybridized carbons (Fsp3) is 0.478. The van der Waals surface area contributed by atoms with E-state index in [9.17, 15) is 26.7 Å². The summed E-state index contributed by atoms with van der Waals surface area (Å²) in [6.07, 6.45) is -5.12. The molecule has 2 heterocycles. The van der Waals surface area contributed by atoms with Crippen LogP contribution in [0.2, 0.25) is 0 Å². The topological polar surface area (TPSA) is 101 Å². The minimum Gasteiger partial charge on any atom is -0.368 e. The number of pyridine rings is 1. The molecule has 1 aliphatic rings. The molecule has 0 spiro atoms. The van der Waals surface area contributed by atoms with Crippen molar-refractivity contribution in [3.8, 4) is 0 Å². The molecular weight excluding hydrogens is 471 g/mol. The molecule has 35 heavy (non-hydrogen) atoms. The molecular formula is C23H29F5N6O. The van der Waals surface area contributed by atoms with Crippen molar-refractivity contribution < 1.29 is 26.7 Å². The van der Waals surface area contributed by atoms with Crippen LogP contribution in [0.4, 0.5) is 27.8 Å². The molecule has 0 aliphatic carbocycles. The monoisotopic (exact) mass is 500 g/mol. The van der Waals surface area contributed by atoms with E-state index in [4.69, 9.17) is 11.6 Å². The number of halogens is 5. The lowest BCUT2D eigenvalue weighted by atomic mass is 9.87. The number of aryl methyl sites for hydroxylation is 1. The SMILES string of the molecule is Cc1ccc(C(N)N(C)N)c(C(=O)N2CC(F)(F)CC(C)C2CNc2ccc(C(F)(F)F)cn2)c1. The van der Waals surface area contributed by atoms with Gasteiger partial charge in [0.05, 0.1) is 24.3 Å². The van der Waals surface area contributed by atoms with Crippen molar-refractivity contribution in [2.24, 2.45) is 17.5 Å². The number of hydrogen-bond donors (Lipinski definition) is 3. The minimum absolute atomic E-state index is 0.0192. The lowest BCUT2D eigenvalue weighted by molar-refractivity contribution is -0.137. The number of likely N-dealkylation sites (tertiary alicyclic amines) is 1. The van der Waals surface area contributed by atoms with E-state index < -0.39 is 54.7 Å². The standard InChI is InChI=1S/C23H29F5N6O/c1-13-4-6-16(20(29)33(3)30)17(8-13)21(35)34-12-22(24,25)9-14(2)18(34)11-32-19-7-5-15(10-31-19)23(26,27)28/h4-8,10,14,18,20H,9,11-12,29-30H2,1-3H3,(H,31,32). The Labute approximate surface area is 200 Å². The van der Waals surface area contributed by atoms with Gasteiger partial charge in [0.15, 0.2) is 0 Å². The van der Waals surface area contributed by atoms with Crippen LogP contribution >= 0.6 is 0 Å². The Morgan fingerprint density at radius 2 is 2.00 bits per heavy atom. The summed E-state index contributed by atoms with van der Waals surface area (Å²) in [6, 6.07) is 6.33. The zero-order chi connectivity index (χ0) is 26.1. The highest BCUT2D eigenvalue weighted by atomic mass is 19.4. The Balaban J connectivity index is 1.89. The van der Waals surface area contributed by atoms with Crippen LogP contribution in [0.25, 0.3) is 0 Å². The maximum Gasteiger partial charge on any atom is 0.417 e. The zero-order valence-corrected chi connectivity index (χ0v) is 19.6. The Bertz CT molecular complexity index is 1040. The van der Waals surface area contributed by atoms with E-state index in [2.05, 4.69) is 10.3 Å². The number of nitrogens with two attached hydrogens (primary N) is 2. The van der Waals surface area contributed by atoms with Gasteiger partial charge in [-0.2, -0.15) is 13.2 Å². The summed E-state index contributed by atoms with van der Waals surface area (Å²) in [5.74, 6) is 1.57. The summed E-state index contributed by atoms with van der Waals surface area (Å²) in [4.78, 5) is 18.5. The average molecular weight is 501 g/mol. The van der Waals surface area contributed by atoms with Crippen LogP contribution in [0.3, 0.4) is 0 Å². The Hall–Kier alpha value is -2.83. The van der Waals surface area contributed by atoms with Gasteiger partial charge >= 0.3 is 6.18 Å². The van der Waals surface area contributed by atoms with Crippen LogP contribution in [0, 0.1) is 12.8 Å². The van der Waals surface area contributed by atoms with E-state index in [-0.39, 0.29) is 17.9 Å². The number of hydrazine groups is 1. The first-order chi connectivity index (χ1) is 16.2. The molecule has 1 aromatic heterocycles. The van der Waals surface area contributed by atoms with E-state index in [1.54, 1.807) is 32.0 Å². The highest BCUT2D eigenvalue weighted by Gasteiger charge is 2.46. The highest BCUT2D eigenvalue weighted by molar-refractivity contribution is 5.96. The van der Waals surface area contributed by atoms with Crippen molar-refractivity contribution in [1.29, 1.82) is 0 Å². The van der Waals surface area contributed by atoms with E-state index in [1.165, 1.54) is 12.1 Å². The Kier molecular flexibility index (Phi) is 7.68. The number of carbonyl (C=O) groups excluding carboxylic acids is 1. The van der Waals surface area contributed by atoms with Gasteiger partial charge in [-0.05, 0) is 36.6 Å². The van der Waals surface area contributed by atoms with Crippen LogP contribution < -0.4 is 16.9 Å². The number of amides is 1. The zero-order valence-electron chi connectivity index (χ0n) is 19.6. The molecule has 7 nitrogen and oxygen atoms in total. The Morgan fingerprint density at radius 1 is 1.31 bits per heavy atom. The van der Waals surface area contributed by atoms with Gasteiger partial charge in [-0.3, -0.25) is 10.6 Å². The number of anilines is 1. The smallest absolute Gasteiger partial charge is 0.368 e. The maximum atomic E-state index is 14.6. The number of nitrogens with one attached hydrogen (secondary N) is 1. The van der Waals surface area contributed by atoms with Gasteiger partial charge < -0.3 is 16.0 Å². The van der Waals surface area contributed by atoms with Gasteiger partial charge in [-0.25, -0.2) is 18.8 Å². The average Bonchev–Trinajstić information content (AvgIpc) is 2.76. The predicted octanol–water partition coefficient (Wildman–Crippen LogP) is 3.77. The molecule has 1 aromatic carbocycles. The van der Waals surface area contributed by atoms with Crippen molar-refractivity contribution in [3.05, 3.63) is 58.8 Å². The second kappa shape index (κ2) is 10.0. The molecule has 0 saturated carbocycles. The number of benzene rings is 1. The number of nitrogens with zero attached hydrogens (tertiary/aromatic N) is 3. The first kappa shape index (κ1) is 26.8. The molecule has 2 aromatic rings. The van der Waals surface area contributed by atoms with Crippen molar-refractivity contribution in [2.45, 2.75) is 44.6 Å². The number of rotatable bonds is 6. The number of carbonyl (C=O) groups is 1. The molecule has 1 amide bonds. The Morgan fingerprint density at radius 3 is 2.57 bits per heavy atom. The first-order valence-electron chi connectivity index (χ1n) is 11.0. The van der Waals surface area contributed by atoms with Crippen LogP contribution in [-0.2, 0) is 6.18 Å². The molecule has 1 fully saturated rings. The summed E-state index contributed by atoms with van der Waals surface area (Å²) in [6.45, 7) is 2.59. The largest absolute Gasteiger partial charge is 0.417 e. The van der Waals surface area contributed by atoms with Crippen LogP contribution in [0.1, 0.15) is 46.6 Å². The van der Waals surface area contributed by atoms with Crippen molar-refractivity contribution in [1.82, 2.24) is 14.9 Å². The van der Waals surface area contributed by atoms with Crippen LogP contribution in [-0.4, -0.2) is 52.9 Å². The van der Waals surface area contributed by atoms with Crippen molar-refractivity contribution in [3.63, 3.8) is 0 Å². The lowest BCUT2D eigenvalue weighted by Gasteiger charge is -2.44. The molecule has 12 heteroatoms. The summed E-state index contributed by atoms with van der Waals surface area (Å²) < 4.78 is 67.5. The number of alkyl halides is 5. The normalized spacial score (nSPS) is 21.2. The highest BCUT2D eigenvalue weighted by Crippen LogP contribution is 2.36. The van der Waals surface area contributed by atoms with E-state index in [0.29, 0.717) is 11.8 Å². The van der Waals surface area contributed by atoms with E-state index in [1.807, 2.05) is 0 Å². The quantitative estimate of drug-likeness (QED) is 0.242. The summed E-state index contributed by atoms with van der Waals surface area (Å²) in [5.41, 5.74) is 6.52. The van der Waals surface area contributed by atoms with E-state index >= 15 is 0 Å². The van der Waals surface area contributed by atoms with Gasteiger partial charge in [-0.1, -0.05) is 24.6 Å². The van der Waals surface area contributed by atoms with Crippen molar-refractivity contribution >= 4 is 11.7 Å². The molecule has 1 saturated heterocycles. The maximum absolute atomic E-state index is 14.6. The second-order valence-corrected chi connectivity index (χ2v) is 9.05.